The fourth-order valence-corrected chi connectivity index (χ4v) is 1.76. The topological polar surface area (TPSA) is 40.5 Å². The van der Waals surface area contributed by atoms with Crippen LogP contribution in [0.4, 0.5) is 0 Å². The maximum atomic E-state index is 9.37. The smallest absolute Gasteiger partial charge is 0.119 e. The van der Waals surface area contributed by atoms with Gasteiger partial charge in [-0.15, -0.1) is 0 Å². The van der Waals surface area contributed by atoms with E-state index in [1.54, 1.807) is 12.1 Å². The minimum Gasteiger partial charge on any atom is -0.508 e. The summed E-state index contributed by atoms with van der Waals surface area (Å²) in [7, 11) is 0. The number of benzene rings is 1. The van der Waals surface area contributed by atoms with Crippen molar-refractivity contribution >= 4 is 0 Å². The van der Waals surface area contributed by atoms with Crippen LogP contribution in [0.2, 0.25) is 0 Å². The molecule has 0 bridgehead atoms. The normalized spacial score (nSPS) is 11.6. The molecule has 0 aliphatic carbocycles. The van der Waals surface area contributed by atoms with Crippen molar-refractivity contribution in [2.45, 2.75) is 39.0 Å². The second kappa shape index (κ2) is 3.91. The largest absolute Gasteiger partial charge is 0.508 e. The van der Waals surface area contributed by atoms with Crippen molar-refractivity contribution in [3.05, 3.63) is 23.8 Å². The zero-order valence-corrected chi connectivity index (χ0v) is 9.04. The van der Waals surface area contributed by atoms with Crippen molar-refractivity contribution < 1.29 is 10.2 Å². The van der Waals surface area contributed by atoms with Gasteiger partial charge >= 0.3 is 0 Å². The SMILES string of the molecule is CCCC(C)(C)c1cc(O)cc(O)c1. The molecule has 2 nitrogen and oxygen atoms in total. The van der Waals surface area contributed by atoms with Crippen LogP contribution < -0.4 is 0 Å². The van der Waals surface area contributed by atoms with E-state index in [1.807, 2.05) is 0 Å². The summed E-state index contributed by atoms with van der Waals surface area (Å²) in [5.41, 5.74) is 0.988. The third-order valence-electron chi connectivity index (χ3n) is 2.56. The van der Waals surface area contributed by atoms with Crippen LogP contribution in [0, 0.1) is 0 Å². The van der Waals surface area contributed by atoms with Gasteiger partial charge in [-0.3, -0.25) is 0 Å². The van der Waals surface area contributed by atoms with Gasteiger partial charge in [-0.2, -0.15) is 0 Å². The van der Waals surface area contributed by atoms with E-state index in [9.17, 15) is 10.2 Å². The number of rotatable bonds is 3. The maximum Gasteiger partial charge on any atom is 0.119 e. The predicted molar refractivity (Wildman–Crippen MR) is 57.7 cm³/mol. The molecular weight excluding hydrogens is 176 g/mol. The van der Waals surface area contributed by atoms with Crippen molar-refractivity contribution in [3.63, 3.8) is 0 Å². The molecule has 0 unspecified atom stereocenters. The van der Waals surface area contributed by atoms with Gasteiger partial charge in [-0.25, -0.2) is 0 Å². The molecule has 0 saturated carbocycles. The monoisotopic (exact) mass is 194 g/mol. The van der Waals surface area contributed by atoms with Crippen LogP contribution in [0.15, 0.2) is 18.2 Å². The van der Waals surface area contributed by atoms with Gasteiger partial charge in [0.15, 0.2) is 0 Å². The molecule has 2 heteroatoms. The summed E-state index contributed by atoms with van der Waals surface area (Å²) in [6.07, 6.45) is 2.12. The summed E-state index contributed by atoms with van der Waals surface area (Å²) in [6, 6.07) is 4.79. The Morgan fingerprint density at radius 1 is 1.07 bits per heavy atom. The minimum atomic E-state index is 0.00493. The van der Waals surface area contributed by atoms with Gasteiger partial charge in [-0.05, 0) is 29.5 Å². The average molecular weight is 194 g/mol. The van der Waals surface area contributed by atoms with Crippen molar-refractivity contribution in [1.29, 1.82) is 0 Å². The molecule has 0 heterocycles. The molecule has 1 aromatic carbocycles. The van der Waals surface area contributed by atoms with Crippen LogP contribution in [-0.4, -0.2) is 10.2 Å². The number of hydrogen-bond donors (Lipinski definition) is 2. The van der Waals surface area contributed by atoms with Crippen LogP contribution in [-0.2, 0) is 5.41 Å². The average Bonchev–Trinajstić information content (AvgIpc) is 2.02. The lowest BCUT2D eigenvalue weighted by atomic mass is 9.80. The molecule has 14 heavy (non-hydrogen) atoms. The highest BCUT2D eigenvalue weighted by Crippen LogP contribution is 2.33. The molecule has 0 fully saturated rings. The van der Waals surface area contributed by atoms with E-state index in [-0.39, 0.29) is 16.9 Å². The minimum absolute atomic E-state index is 0.00493. The molecule has 0 saturated heterocycles. The van der Waals surface area contributed by atoms with Crippen LogP contribution in [0.3, 0.4) is 0 Å². The zero-order valence-electron chi connectivity index (χ0n) is 9.04. The van der Waals surface area contributed by atoms with Crippen LogP contribution in [0.5, 0.6) is 11.5 Å². The lowest BCUT2D eigenvalue weighted by Gasteiger charge is -2.24. The van der Waals surface area contributed by atoms with E-state index in [0.29, 0.717) is 0 Å². The van der Waals surface area contributed by atoms with Gasteiger partial charge in [0.25, 0.3) is 0 Å². The van der Waals surface area contributed by atoms with Crippen molar-refractivity contribution in [2.75, 3.05) is 0 Å². The summed E-state index contributed by atoms with van der Waals surface area (Å²) in [6.45, 7) is 6.36. The lowest BCUT2D eigenvalue weighted by Crippen LogP contribution is -2.16. The second-order valence-electron chi connectivity index (χ2n) is 4.37. The maximum absolute atomic E-state index is 9.37. The molecule has 0 aromatic heterocycles. The Balaban J connectivity index is 3.05. The lowest BCUT2D eigenvalue weighted by molar-refractivity contribution is 0.432. The summed E-state index contributed by atoms with van der Waals surface area (Å²) >= 11 is 0. The third-order valence-corrected chi connectivity index (χ3v) is 2.56. The Morgan fingerprint density at radius 3 is 2.00 bits per heavy atom. The quantitative estimate of drug-likeness (QED) is 0.775. The Morgan fingerprint density at radius 2 is 1.57 bits per heavy atom. The standard InChI is InChI=1S/C12H18O2/c1-4-5-12(2,3)9-6-10(13)8-11(14)7-9/h6-8,13-14H,4-5H2,1-3H3. The Hall–Kier alpha value is -1.18. The number of aromatic hydroxyl groups is 2. The van der Waals surface area contributed by atoms with Crippen molar-refractivity contribution in [3.8, 4) is 11.5 Å². The number of phenols is 2. The summed E-state index contributed by atoms with van der Waals surface area (Å²) in [5.74, 6) is 0.258. The molecule has 0 amide bonds. The van der Waals surface area contributed by atoms with Crippen LogP contribution in [0.1, 0.15) is 39.2 Å². The van der Waals surface area contributed by atoms with E-state index in [2.05, 4.69) is 20.8 Å². The van der Waals surface area contributed by atoms with Gasteiger partial charge in [0.2, 0.25) is 0 Å². The molecule has 0 aliphatic rings. The summed E-state index contributed by atoms with van der Waals surface area (Å²) < 4.78 is 0. The number of phenolic OH excluding ortho intramolecular Hbond substituents is 2. The van der Waals surface area contributed by atoms with E-state index in [0.717, 1.165) is 18.4 Å². The molecule has 78 valence electrons. The Labute approximate surface area is 85.2 Å². The van der Waals surface area contributed by atoms with Gasteiger partial charge in [0.05, 0.1) is 0 Å². The second-order valence-corrected chi connectivity index (χ2v) is 4.37. The van der Waals surface area contributed by atoms with Gasteiger partial charge in [0, 0.05) is 6.07 Å². The first kappa shape index (κ1) is 10.9. The van der Waals surface area contributed by atoms with E-state index < -0.39 is 0 Å². The molecule has 0 atom stereocenters. The predicted octanol–water partition coefficient (Wildman–Crippen LogP) is 3.18. The fraction of sp³-hybridized carbons (Fsp3) is 0.500. The summed E-state index contributed by atoms with van der Waals surface area (Å²) in [4.78, 5) is 0. The first-order valence-corrected chi connectivity index (χ1v) is 4.99. The molecule has 1 aromatic rings. The summed E-state index contributed by atoms with van der Waals surface area (Å²) in [5, 5.41) is 18.7. The first-order chi connectivity index (χ1) is 6.45. The molecule has 0 aliphatic heterocycles. The Kier molecular flexibility index (Phi) is 3.04. The van der Waals surface area contributed by atoms with Gasteiger partial charge < -0.3 is 10.2 Å². The van der Waals surface area contributed by atoms with Crippen LogP contribution in [0.25, 0.3) is 0 Å². The molecule has 2 N–H and O–H groups in total. The highest BCUT2D eigenvalue weighted by Gasteiger charge is 2.20. The molecule has 1 rings (SSSR count). The van der Waals surface area contributed by atoms with Crippen molar-refractivity contribution in [2.24, 2.45) is 0 Å². The highest BCUT2D eigenvalue weighted by atomic mass is 16.3. The Bertz CT molecular complexity index is 296. The zero-order chi connectivity index (χ0) is 10.8. The number of hydrogen-bond acceptors (Lipinski definition) is 2. The van der Waals surface area contributed by atoms with E-state index in [1.165, 1.54) is 6.07 Å². The molecule has 0 radical (unpaired) electrons. The first-order valence-electron chi connectivity index (χ1n) is 4.99. The van der Waals surface area contributed by atoms with Gasteiger partial charge in [-0.1, -0.05) is 27.2 Å². The van der Waals surface area contributed by atoms with Gasteiger partial charge in [0.1, 0.15) is 11.5 Å². The van der Waals surface area contributed by atoms with E-state index in [4.69, 9.17) is 0 Å². The van der Waals surface area contributed by atoms with Crippen LogP contribution >= 0.6 is 0 Å². The third kappa shape index (κ3) is 2.41. The fourth-order valence-electron chi connectivity index (χ4n) is 1.76. The molecule has 0 spiro atoms. The highest BCUT2D eigenvalue weighted by molar-refractivity contribution is 5.39. The molecular formula is C12H18O2. The van der Waals surface area contributed by atoms with E-state index >= 15 is 0 Å². The van der Waals surface area contributed by atoms with Crippen molar-refractivity contribution in [1.82, 2.24) is 0 Å².